The van der Waals surface area contributed by atoms with E-state index in [1.54, 1.807) is 17.2 Å². The number of pyridine rings is 1. The molecule has 2 N–H and O–H groups in total. The van der Waals surface area contributed by atoms with Gasteiger partial charge in [-0.05, 0) is 38.1 Å². The number of carbonyl (C=O) groups excluding carboxylic acids is 2. The van der Waals surface area contributed by atoms with Crippen LogP contribution in [0.25, 0.3) is 0 Å². The fraction of sp³-hybridized carbons (Fsp3) is 0.435. The maximum atomic E-state index is 12.6. The molecule has 2 aliphatic rings. The third-order valence-electron chi connectivity index (χ3n) is 6.11. The summed E-state index contributed by atoms with van der Waals surface area (Å²) in [4.78, 5) is 33.3. The molecule has 2 fully saturated rings. The van der Waals surface area contributed by atoms with Gasteiger partial charge in [-0.3, -0.25) is 10.1 Å². The van der Waals surface area contributed by atoms with E-state index >= 15 is 0 Å². The molecule has 2 aromatic rings. The van der Waals surface area contributed by atoms with Crippen LogP contribution in [0.4, 0.5) is 16.3 Å². The van der Waals surface area contributed by atoms with Gasteiger partial charge in [0.05, 0.1) is 0 Å². The summed E-state index contributed by atoms with van der Waals surface area (Å²) in [5.41, 5.74) is 1.93. The van der Waals surface area contributed by atoms with Gasteiger partial charge in [-0.2, -0.15) is 0 Å². The van der Waals surface area contributed by atoms with Gasteiger partial charge in [0.15, 0.2) is 0 Å². The zero-order chi connectivity index (χ0) is 20.9. The number of nitrogens with zero attached hydrogens (tertiary/aromatic N) is 3. The average molecular weight is 408 g/mol. The molecule has 0 aliphatic carbocycles. The van der Waals surface area contributed by atoms with Crippen LogP contribution in [0.5, 0.6) is 0 Å². The van der Waals surface area contributed by atoms with Crippen LogP contribution in [0.2, 0.25) is 0 Å². The lowest BCUT2D eigenvalue weighted by molar-refractivity contribution is -0.117. The van der Waals surface area contributed by atoms with Crippen LogP contribution in [0.15, 0.2) is 48.7 Å². The van der Waals surface area contributed by atoms with Crippen molar-refractivity contribution in [3.8, 4) is 0 Å². The number of aromatic nitrogens is 1. The van der Waals surface area contributed by atoms with Crippen molar-refractivity contribution in [2.45, 2.75) is 37.6 Å². The molecule has 2 unspecified atom stereocenters. The third kappa shape index (κ3) is 4.79. The van der Waals surface area contributed by atoms with E-state index in [2.05, 4.69) is 39.7 Å². The Kier molecular flexibility index (Phi) is 6.28. The summed E-state index contributed by atoms with van der Waals surface area (Å²) in [5.74, 6) is 0.711. The predicted octanol–water partition coefficient (Wildman–Crippen LogP) is 3.21. The summed E-state index contributed by atoms with van der Waals surface area (Å²) in [6.45, 7) is 2.32. The molecular formula is C23H29N5O2. The Hall–Kier alpha value is -2.93. The molecule has 2 saturated heterocycles. The van der Waals surface area contributed by atoms with E-state index in [0.29, 0.717) is 31.4 Å². The van der Waals surface area contributed by atoms with Gasteiger partial charge in [-0.25, -0.2) is 9.78 Å². The topological polar surface area (TPSA) is 77.6 Å². The number of hydrogen-bond donors (Lipinski definition) is 2. The van der Waals surface area contributed by atoms with Crippen molar-refractivity contribution in [2.24, 2.45) is 0 Å². The zero-order valence-corrected chi connectivity index (χ0v) is 17.4. The first kappa shape index (κ1) is 20.3. The first-order valence-electron chi connectivity index (χ1n) is 10.7. The molecule has 1 aromatic heterocycles. The van der Waals surface area contributed by atoms with Gasteiger partial charge in [0.25, 0.3) is 0 Å². The SMILES string of the molecule is CN1CCCCC1CNC(=O)Nc1cc(N2CC(c3ccccc3)CC2=O)ccn1. The molecule has 0 saturated carbocycles. The number of carbonyl (C=O) groups is 2. The van der Waals surface area contributed by atoms with Gasteiger partial charge in [-0.1, -0.05) is 36.8 Å². The van der Waals surface area contributed by atoms with Gasteiger partial charge in [0, 0.05) is 49.4 Å². The number of urea groups is 1. The fourth-order valence-corrected chi connectivity index (χ4v) is 4.33. The molecule has 2 atom stereocenters. The Morgan fingerprint density at radius 1 is 1.20 bits per heavy atom. The largest absolute Gasteiger partial charge is 0.336 e. The van der Waals surface area contributed by atoms with Crippen molar-refractivity contribution in [3.63, 3.8) is 0 Å². The van der Waals surface area contributed by atoms with E-state index in [9.17, 15) is 9.59 Å². The molecule has 3 amide bonds. The second kappa shape index (κ2) is 9.26. The highest BCUT2D eigenvalue weighted by Gasteiger charge is 2.31. The van der Waals surface area contributed by atoms with Crippen LogP contribution in [0.1, 0.15) is 37.2 Å². The molecule has 0 radical (unpaired) electrons. The highest BCUT2D eigenvalue weighted by atomic mass is 16.2. The summed E-state index contributed by atoms with van der Waals surface area (Å²) in [6, 6.07) is 13.8. The van der Waals surface area contributed by atoms with Crippen LogP contribution in [0, 0.1) is 0 Å². The van der Waals surface area contributed by atoms with E-state index in [1.165, 1.54) is 18.4 Å². The molecule has 7 nitrogen and oxygen atoms in total. The van der Waals surface area contributed by atoms with E-state index in [0.717, 1.165) is 18.7 Å². The predicted molar refractivity (Wildman–Crippen MR) is 118 cm³/mol. The summed E-state index contributed by atoms with van der Waals surface area (Å²) in [5, 5.41) is 5.75. The number of likely N-dealkylation sites (N-methyl/N-ethyl adjacent to an activating group) is 1. The van der Waals surface area contributed by atoms with Crippen molar-refractivity contribution < 1.29 is 9.59 Å². The first-order valence-corrected chi connectivity index (χ1v) is 10.7. The fourth-order valence-electron chi connectivity index (χ4n) is 4.33. The highest BCUT2D eigenvalue weighted by molar-refractivity contribution is 5.97. The number of likely N-dealkylation sites (tertiary alicyclic amines) is 1. The van der Waals surface area contributed by atoms with Crippen LogP contribution < -0.4 is 15.5 Å². The zero-order valence-electron chi connectivity index (χ0n) is 17.4. The lowest BCUT2D eigenvalue weighted by atomic mass is 9.99. The minimum absolute atomic E-state index is 0.0887. The number of piperidine rings is 1. The van der Waals surface area contributed by atoms with Gasteiger partial charge >= 0.3 is 6.03 Å². The van der Waals surface area contributed by atoms with Crippen LogP contribution in [-0.4, -0.2) is 54.5 Å². The quantitative estimate of drug-likeness (QED) is 0.798. The van der Waals surface area contributed by atoms with E-state index in [-0.39, 0.29) is 17.9 Å². The second-order valence-corrected chi connectivity index (χ2v) is 8.18. The summed E-state index contributed by atoms with van der Waals surface area (Å²) in [6.07, 6.45) is 5.64. The molecule has 0 spiro atoms. The lowest BCUT2D eigenvalue weighted by Gasteiger charge is -2.32. The Labute approximate surface area is 177 Å². The number of benzene rings is 1. The molecule has 4 rings (SSSR count). The molecule has 1 aromatic carbocycles. The molecule has 3 heterocycles. The van der Waals surface area contributed by atoms with Crippen LogP contribution >= 0.6 is 0 Å². The molecule has 30 heavy (non-hydrogen) atoms. The smallest absolute Gasteiger partial charge is 0.320 e. The van der Waals surface area contributed by atoms with E-state index in [1.807, 2.05) is 24.3 Å². The van der Waals surface area contributed by atoms with Crippen molar-refractivity contribution >= 4 is 23.4 Å². The first-order chi connectivity index (χ1) is 14.6. The van der Waals surface area contributed by atoms with Crippen molar-refractivity contribution in [1.82, 2.24) is 15.2 Å². The highest BCUT2D eigenvalue weighted by Crippen LogP contribution is 2.32. The Morgan fingerprint density at radius 3 is 2.83 bits per heavy atom. The van der Waals surface area contributed by atoms with Gasteiger partial charge in [0.2, 0.25) is 5.91 Å². The number of amides is 3. The summed E-state index contributed by atoms with van der Waals surface area (Å²) < 4.78 is 0. The Balaban J connectivity index is 1.35. The van der Waals surface area contributed by atoms with Gasteiger partial charge in [0.1, 0.15) is 5.82 Å². The lowest BCUT2D eigenvalue weighted by Crippen LogP contribution is -2.45. The standard InChI is InChI=1S/C23H29N5O2/c1-27-12-6-5-9-20(27)15-25-23(30)26-21-14-19(10-11-24-21)28-16-18(13-22(28)29)17-7-3-2-4-8-17/h2-4,7-8,10-11,14,18,20H,5-6,9,12-13,15-16H2,1H3,(H2,24,25,26,30). The van der Waals surface area contributed by atoms with Crippen LogP contribution in [0.3, 0.4) is 0 Å². The number of anilines is 2. The molecule has 158 valence electrons. The van der Waals surface area contributed by atoms with E-state index in [4.69, 9.17) is 0 Å². The summed E-state index contributed by atoms with van der Waals surface area (Å²) in [7, 11) is 2.10. The van der Waals surface area contributed by atoms with Crippen molar-refractivity contribution in [1.29, 1.82) is 0 Å². The normalized spacial score (nSPS) is 22.2. The Bertz CT molecular complexity index is 888. The van der Waals surface area contributed by atoms with Crippen molar-refractivity contribution in [3.05, 3.63) is 54.2 Å². The van der Waals surface area contributed by atoms with E-state index < -0.39 is 0 Å². The molecular weight excluding hydrogens is 378 g/mol. The maximum absolute atomic E-state index is 12.6. The monoisotopic (exact) mass is 407 g/mol. The van der Waals surface area contributed by atoms with Crippen LogP contribution in [-0.2, 0) is 4.79 Å². The minimum Gasteiger partial charge on any atom is -0.336 e. The van der Waals surface area contributed by atoms with Gasteiger partial charge < -0.3 is 15.1 Å². The number of rotatable bonds is 5. The Morgan fingerprint density at radius 2 is 2.03 bits per heavy atom. The third-order valence-corrected chi connectivity index (χ3v) is 6.11. The van der Waals surface area contributed by atoms with Gasteiger partial charge in [-0.15, -0.1) is 0 Å². The molecule has 7 heteroatoms. The molecule has 0 bridgehead atoms. The van der Waals surface area contributed by atoms with Crippen molar-refractivity contribution in [2.75, 3.05) is 36.9 Å². The molecule has 2 aliphatic heterocycles. The maximum Gasteiger partial charge on any atom is 0.320 e. The number of hydrogen-bond acceptors (Lipinski definition) is 4. The minimum atomic E-state index is -0.270. The number of nitrogens with one attached hydrogen (secondary N) is 2. The average Bonchev–Trinajstić information content (AvgIpc) is 3.16. The second-order valence-electron chi connectivity index (χ2n) is 8.18. The summed E-state index contributed by atoms with van der Waals surface area (Å²) >= 11 is 0.